The molecule has 0 aromatic heterocycles. The van der Waals surface area contributed by atoms with Crippen molar-refractivity contribution in [1.29, 1.82) is 0 Å². The van der Waals surface area contributed by atoms with E-state index in [1.807, 2.05) is 0 Å². The first-order valence-electron chi connectivity index (χ1n) is 8.23. The molecular formula is C16H34N4. The van der Waals surface area contributed by atoms with Gasteiger partial charge in [0, 0.05) is 19.1 Å². The molecule has 1 atom stereocenters. The van der Waals surface area contributed by atoms with Crippen LogP contribution in [0.15, 0.2) is 4.99 Å². The molecule has 4 heteroatoms. The molecule has 0 aromatic carbocycles. The molecule has 0 aromatic rings. The van der Waals surface area contributed by atoms with Gasteiger partial charge in [0.25, 0.3) is 0 Å². The van der Waals surface area contributed by atoms with Gasteiger partial charge in [-0.05, 0) is 58.5 Å². The zero-order valence-corrected chi connectivity index (χ0v) is 14.1. The summed E-state index contributed by atoms with van der Waals surface area (Å²) in [5.74, 6) is 2.62. The van der Waals surface area contributed by atoms with Crippen LogP contribution in [0.4, 0.5) is 0 Å². The van der Waals surface area contributed by atoms with Gasteiger partial charge in [0.1, 0.15) is 0 Å². The summed E-state index contributed by atoms with van der Waals surface area (Å²) in [4.78, 5) is 7.09. The average Bonchev–Trinajstić information content (AvgIpc) is 3.18. The van der Waals surface area contributed by atoms with E-state index in [1.54, 1.807) is 0 Å². The summed E-state index contributed by atoms with van der Waals surface area (Å²) in [7, 11) is 4.34. The lowest BCUT2D eigenvalue weighted by Crippen LogP contribution is -2.40. The van der Waals surface area contributed by atoms with E-state index in [0.717, 1.165) is 37.4 Å². The third kappa shape index (κ3) is 7.13. The normalized spacial score (nSPS) is 17.6. The number of nitrogens with zero attached hydrogens (tertiary/aromatic N) is 2. The van der Waals surface area contributed by atoms with Crippen LogP contribution in [0.1, 0.15) is 46.5 Å². The second-order valence-electron chi connectivity index (χ2n) is 6.55. The van der Waals surface area contributed by atoms with E-state index in [2.05, 4.69) is 50.4 Å². The fraction of sp³-hybridized carbons (Fsp3) is 0.938. The van der Waals surface area contributed by atoms with Gasteiger partial charge in [0.15, 0.2) is 5.96 Å². The lowest BCUT2D eigenvalue weighted by molar-refractivity contribution is 0.271. The maximum atomic E-state index is 4.77. The standard InChI is InChI=1S/C16H34N4/c1-6-17-16(18-11-7-8-13(2)3)19-12-15(20(4)5)14-9-10-14/h13-15H,6-12H2,1-5H3,(H2,17,18,19). The summed E-state index contributed by atoms with van der Waals surface area (Å²) in [6.45, 7) is 9.51. The average molecular weight is 282 g/mol. The van der Waals surface area contributed by atoms with E-state index < -0.39 is 0 Å². The lowest BCUT2D eigenvalue weighted by atomic mass is 10.1. The maximum Gasteiger partial charge on any atom is 0.191 e. The quantitative estimate of drug-likeness (QED) is 0.387. The molecule has 1 fully saturated rings. The summed E-state index contributed by atoms with van der Waals surface area (Å²) in [5, 5.41) is 6.79. The SMILES string of the molecule is CCNC(=NCC(C1CC1)N(C)C)NCCCC(C)C. The largest absolute Gasteiger partial charge is 0.357 e. The minimum absolute atomic E-state index is 0.598. The van der Waals surface area contributed by atoms with Gasteiger partial charge in [-0.3, -0.25) is 4.99 Å². The molecule has 0 aliphatic heterocycles. The highest BCUT2D eigenvalue weighted by Crippen LogP contribution is 2.34. The second kappa shape index (κ2) is 9.22. The van der Waals surface area contributed by atoms with Crippen molar-refractivity contribution in [3.63, 3.8) is 0 Å². The van der Waals surface area contributed by atoms with Gasteiger partial charge in [-0.25, -0.2) is 0 Å². The van der Waals surface area contributed by atoms with Crippen molar-refractivity contribution in [3.8, 4) is 0 Å². The Kier molecular flexibility index (Phi) is 7.97. The summed E-state index contributed by atoms with van der Waals surface area (Å²) in [5.41, 5.74) is 0. The highest BCUT2D eigenvalue weighted by Gasteiger charge is 2.32. The van der Waals surface area contributed by atoms with E-state index in [0.29, 0.717) is 6.04 Å². The van der Waals surface area contributed by atoms with Crippen LogP contribution >= 0.6 is 0 Å². The van der Waals surface area contributed by atoms with Gasteiger partial charge in [-0.2, -0.15) is 0 Å². The number of guanidine groups is 1. The van der Waals surface area contributed by atoms with E-state index in [1.165, 1.54) is 25.7 Å². The molecule has 2 N–H and O–H groups in total. The molecule has 0 heterocycles. The monoisotopic (exact) mass is 282 g/mol. The number of likely N-dealkylation sites (N-methyl/N-ethyl adjacent to an activating group) is 1. The first kappa shape index (κ1) is 17.3. The highest BCUT2D eigenvalue weighted by molar-refractivity contribution is 5.79. The molecule has 1 saturated carbocycles. The maximum absolute atomic E-state index is 4.77. The van der Waals surface area contributed by atoms with Crippen LogP contribution in [0.3, 0.4) is 0 Å². The predicted molar refractivity (Wildman–Crippen MR) is 88.3 cm³/mol. The Balaban J connectivity index is 2.36. The van der Waals surface area contributed by atoms with Crippen LogP contribution in [-0.4, -0.2) is 50.6 Å². The number of aliphatic imine (C=N–C) groups is 1. The molecule has 0 bridgehead atoms. The Labute approximate surface area is 125 Å². The zero-order valence-electron chi connectivity index (χ0n) is 14.1. The van der Waals surface area contributed by atoms with E-state index in [4.69, 9.17) is 4.99 Å². The third-order valence-corrected chi connectivity index (χ3v) is 3.86. The minimum Gasteiger partial charge on any atom is -0.357 e. The summed E-state index contributed by atoms with van der Waals surface area (Å²) in [6, 6.07) is 0.598. The third-order valence-electron chi connectivity index (χ3n) is 3.86. The zero-order chi connectivity index (χ0) is 15.0. The van der Waals surface area contributed by atoms with Crippen LogP contribution in [0.5, 0.6) is 0 Å². The molecule has 1 rings (SSSR count). The van der Waals surface area contributed by atoms with Crippen molar-refractivity contribution < 1.29 is 0 Å². The molecule has 1 aliphatic rings. The summed E-state index contributed by atoms with van der Waals surface area (Å²) >= 11 is 0. The van der Waals surface area contributed by atoms with Gasteiger partial charge in [-0.1, -0.05) is 13.8 Å². The molecule has 0 spiro atoms. The number of rotatable bonds is 9. The van der Waals surface area contributed by atoms with E-state index in [9.17, 15) is 0 Å². The van der Waals surface area contributed by atoms with Crippen LogP contribution in [-0.2, 0) is 0 Å². The van der Waals surface area contributed by atoms with Crippen molar-refractivity contribution in [2.75, 3.05) is 33.7 Å². The van der Waals surface area contributed by atoms with Gasteiger partial charge < -0.3 is 15.5 Å². The van der Waals surface area contributed by atoms with Gasteiger partial charge in [0.2, 0.25) is 0 Å². The fourth-order valence-electron chi connectivity index (χ4n) is 2.46. The van der Waals surface area contributed by atoms with Crippen LogP contribution in [0.25, 0.3) is 0 Å². The molecule has 0 saturated heterocycles. The molecule has 0 amide bonds. The van der Waals surface area contributed by atoms with Crippen LogP contribution in [0.2, 0.25) is 0 Å². The lowest BCUT2D eigenvalue weighted by Gasteiger charge is -2.23. The number of nitrogens with one attached hydrogen (secondary N) is 2. The van der Waals surface area contributed by atoms with E-state index in [-0.39, 0.29) is 0 Å². The van der Waals surface area contributed by atoms with Crippen LogP contribution < -0.4 is 10.6 Å². The number of hydrogen-bond donors (Lipinski definition) is 2. The minimum atomic E-state index is 0.598. The van der Waals surface area contributed by atoms with Gasteiger partial charge in [-0.15, -0.1) is 0 Å². The van der Waals surface area contributed by atoms with E-state index >= 15 is 0 Å². The van der Waals surface area contributed by atoms with Crippen molar-refractivity contribution in [1.82, 2.24) is 15.5 Å². The smallest absolute Gasteiger partial charge is 0.191 e. The Bertz CT molecular complexity index is 280. The Morgan fingerprint density at radius 3 is 2.45 bits per heavy atom. The molecule has 0 radical (unpaired) electrons. The Hall–Kier alpha value is -0.770. The molecule has 20 heavy (non-hydrogen) atoms. The molecule has 118 valence electrons. The first-order valence-corrected chi connectivity index (χ1v) is 8.23. The molecule has 1 unspecified atom stereocenters. The summed E-state index contributed by atoms with van der Waals surface area (Å²) < 4.78 is 0. The van der Waals surface area contributed by atoms with Gasteiger partial charge >= 0.3 is 0 Å². The summed E-state index contributed by atoms with van der Waals surface area (Å²) in [6.07, 6.45) is 5.23. The van der Waals surface area contributed by atoms with Crippen molar-refractivity contribution in [3.05, 3.63) is 0 Å². The predicted octanol–water partition coefficient (Wildman–Crippen LogP) is 2.32. The van der Waals surface area contributed by atoms with Crippen molar-refractivity contribution in [2.45, 2.75) is 52.5 Å². The number of hydrogen-bond acceptors (Lipinski definition) is 2. The van der Waals surface area contributed by atoms with Crippen LogP contribution in [0, 0.1) is 11.8 Å². The van der Waals surface area contributed by atoms with Crippen molar-refractivity contribution >= 4 is 5.96 Å². The molecular weight excluding hydrogens is 248 g/mol. The van der Waals surface area contributed by atoms with Gasteiger partial charge in [0.05, 0.1) is 6.54 Å². The first-order chi connectivity index (χ1) is 9.54. The molecule has 4 nitrogen and oxygen atoms in total. The topological polar surface area (TPSA) is 39.7 Å². The Morgan fingerprint density at radius 2 is 1.95 bits per heavy atom. The molecule has 1 aliphatic carbocycles. The Morgan fingerprint density at radius 1 is 1.25 bits per heavy atom. The van der Waals surface area contributed by atoms with Crippen molar-refractivity contribution in [2.24, 2.45) is 16.8 Å². The fourth-order valence-corrected chi connectivity index (χ4v) is 2.46. The second-order valence-corrected chi connectivity index (χ2v) is 6.55. The highest BCUT2D eigenvalue weighted by atomic mass is 15.2.